The third kappa shape index (κ3) is 4.50. The Hall–Kier alpha value is -4.47. The summed E-state index contributed by atoms with van der Waals surface area (Å²) in [7, 11) is 0. The second kappa shape index (κ2) is 9.41. The van der Waals surface area contributed by atoms with Gasteiger partial charge in [-0.3, -0.25) is 14.9 Å². The summed E-state index contributed by atoms with van der Waals surface area (Å²) in [5.41, 5.74) is 4.14. The Bertz CT molecular complexity index is 1270. The van der Waals surface area contributed by atoms with Crippen LogP contribution in [0.3, 0.4) is 0 Å². The first-order valence-corrected chi connectivity index (χ1v) is 11.2. The summed E-state index contributed by atoms with van der Waals surface area (Å²) in [6, 6.07) is 15.5. The van der Waals surface area contributed by atoms with E-state index in [4.69, 9.17) is 4.74 Å². The van der Waals surface area contributed by atoms with Crippen LogP contribution in [0, 0.1) is 5.92 Å². The highest BCUT2D eigenvalue weighted by molar-refractivity contribution is 5.99. The fourth-order valence-electron chi connectivity index (χ4n) is 4.58. The zero-order valence-electron chi connectivity index (χ0n) is 18.5. The van der Waals surface area contributed by atoms with Crippen molar-refractivity contribution in [2.75, 3.05) is 11.9 Å². The molecule has 3 aromatic rings. The highest BCUT2D eigenvalue weighted by Crippen LogP contribution is 2.44. The van der Waals surface area contributed by atoms with Crippen LogP contribution in [-0.4, -0.2) is 46.0 Å². The van der Waals surface area contributed by atoms with Crippen LogP contribution in [-0.2, 0) is 9.53 Å². The van der Waals surface area contributed by atoms with Crippen LogP contribution in [0.15, 0.2) is 65.3 Å². The largest absolute Gasteiger partial charge is 0.481 e. The van der Waals surface area contributed by atoms with Gasteiger partial charge in [0.05, 0.1) is 5.92 Å². The van der Waals surface area contributed by atoms with Crippen molar-refractivity contribution in [1.82, 2.24) is 15.6 Å². The minimum absolute atomic E-state index is 0.0934. The zero-order chi connectivity index (χ0) is 24.4. The number of fused-ring (bicyclic) bond motifs is 3. The average molecular weight is 474 g/mol. The summed E-state index contributed by atoms with van der Waals surface area (Å²) >= 11 is 0. The van der Waals surface area contributed by atoms with Gasteiger partial charge in [-0.15, -0.1) is 0 Å². The third-order valence-corrected chi connectivity index (χ3v) is 6.26. The predicted octanol–water partition coefficient (Wildman–Crippen LogP) is 3.58. The van der Waals surface area contributed by atoms with E-state index in [-0.39, 0.29) is 30.5 Å². The minimum Gasteiger partial charge on any atom is -0.481 e. The second-order valence-electron chi connectivity index (χ2n) is 8.43. The van der Waals surface area contributed by atoms with E-state index in [1.165, 1.54) is 0 Å². The van der Waals surface area contributed by atoms with Gasteiger partial charge in [-0.05, 0) is 45.4 Å². The monoisotopic (exact) mass is 474 g/mol. The Morgan fingerprint density at radius 2 is 1.71 bits per heavy atom. The van der Waals surface area contributed by atoms with E-state index in [0.717, 1.165) is 22.3 Å². The number of hydrogen-bond acceptors (Lipinski definition) is 7. The topological polar surface area (TPSA) is 144 Å². The third-order valence-electron chi connectivity index (χ3n) is 6.26. The molecular formula is C25H22N4O6. The Labute approximate surface area is 199 Å². The van der Waals surface area contributed by atoms with E-state index in [2.05, 4.69) is 25.6 Å². The molecule has 0 bridgehead atoms. The van der Waals surface area contributed by atoms with Crippen molar-refractivity contribution >= 4 is 23.8 Å². The first kappa shape index (κ1) is 22.3. The van der Waals surface area contributed by atoms with Crippen molar-refractivity contribution in [3.8, 4) is 11.1 Å². The van der Waals surface area contributed by atoms with Crippen molar-refractivity contribution < 1.29 is 28.9 Å². The molecule has 0 saturated carbocycles. The maximum atomic E-state index is 12.6. The van der Waals surface area contributed by atoms with Crippen molar-refractivity contribution in [2.24, 2.45) is 5.92 Å². The smallest absolute Gasteiger partial charge is 0.412 e. The van der Waals surface area contributed by atoms with E-state index in [0.29, 0.717) is 6.42 Å². The fourth-order valence-corrected chi connectivity index (χ4v) is 4.58. The molecule has 10 nitrogen and oxygen atoms in total. The molecule has 0 radical (unpaired) electrons. The molecule has 0 saturated heterocycles. The van der Waals surface area contributed by atoms with Gasteiger partial charge in [-0.1, -0.05) is 60.7 Å². The summed E-state index contributed by atoms with van der Waals surface area (Å²) in [6.07, 6.45) is 3.29. The fraction of sp³-hybridized carbons (Fsp3) is 0.240. The molecule has 2 aromatic carbocycles. The summed E-state index contributed by atoms with van der Waals surface area (Å²) in [4.78, 5) is 36.4. The lowest BCUT2D eigenvalue weighted by molar-refractivity contribution is -0.142. The lowest BCUT2D eigenvalue weighted by atomic mass is 9.91. The number of ether oxygens (including phenoxy) is 1. The molecule has 2 aliphatic carbocycles. The van der Waals surface area contributed by atoms with E-state index in [1.54, 1.807) is 12.2 Å². The molecule has 178 valence electrons. The van der Waals surface area contributed by atoms with Crippen LogP contribution in [0.25, 0.3) is 11.1 Å². The lowest BCUT2D eigenvalue weighted by Gasteiger charge is -2.22. The number of hydrogen-bond donors (Lipinski definition) is 3. The van der Waals surface area contributed by atoms with Crippen LogP contribution in [0.5, 0.6) is 0 Å². The molecule has 2 amide bonds. The Kier molecular flexibility index (Phi) is 6.01. The quantitative estimate of drug-likeness (QED) is 0.460. The van der Waals surface area contributed by atoms with Gasteiger partial charge >= 0.3 is 12.1 Å². The van der Waals surface area contributed by atoms with E-state index in [9.17, 15) is 19.5 Å². The Morgan fingerprint density at radius 3 is 2.40 bits per heavy atom. The van der Waals surface area contributed by atoms with Gasteiger partial charge in [-0.2, -0.15) is 0 Å². The predicted molar refractivity (Wildman–Crippen MR) is 124 cm³/mol. The number of aromatic nitrogens is 2. The van der Waals surface area contributed by atoms with E-state index < -0.39 is 29.9 Å². The molecule has 0 aliphatic heterocycles. The maximum absolute atomic E-state index is 12.6. The van der Waals surface area contributed by atoms with Crippen molar-refractivity contribution in [1.29, 1.82) is 0 Å². The van der Waals surface area contributed by atoms with Gasteiger partial charge in [-0.25, -0.2) is 9.42 Å². The van der Waals surface area contributed by atoms with Crippen LogP contribution in [0.2, 0.25) is 0 Å². The molecular weight excluding hydrogens is 452 g/mol. The standard InChI is InChI=1S/C25H22N4O6/c30-23(26-15-7-5-6-14(12-15)24(31)32)21-22(29-35-28-21)27-25(33)34-13-20-18-10-3-1-8-16(18)17-9-2-4-11-19(17)20/h1-5,7-11,14-15,20H,6,12-13H2,(H,26,30)(H,31,32)(H,27,29,33)/t14-,15-/m1/s1. The number of nitrogens with one attached hydrogen (secondary N) is 2. The number of carboxylic acids is 1. The van der Waals surface area contributed by atoms with Gasteiger partial charge in [0, 0.05) is 12.0 Å². The first-order chi connectivity index (χ1) is 17.0. The number of allylic oxidation sites excluding steroid dienone is 1. The molecule has 0 fully saturated rings. The van der Waals surface area contributed by atoms with Crippen molar-refractivity contribution in [3.05, 3.63) is 77.5 Å². The number of anilines is 1. The van der Waals surface area contributed by atoms with Gasteiger partial charge < -0.3 is 15.2 Å². The number of nitrogens with zero attached hydrogens (tertiary/aromatic N) is 2. The van der Waals surface area contributed by atoms with Crippen LogP contribution in [0.1, 0.15) is 40.4 Å². The lowest BCUT2D eigenvalue weighted by Crippen LogP contribution is -2.38. The Balaban J connectivity index is 1.22. The Morgan fingerprint density at radius 1 is 1.03 bits per heavy atom. The summed E-state index contributed by atoms with van der Waals surface area (Å²) in [5, 5.41) is 21.5. The molecule has 0 spiro atoms. The number of rotatable bonds is 6. The summed E-state index contributed by atoms with van der Waals surface area (Å²) in [5.74, 6) is -2.46. The normalized spacial score (nSPS) is 18.4. The zero-order valence-corrected chi connectivity index (χ0v) is 18.5. The van der Waals surface area contributed by atoms with E-state index in [1.807, 2.05) is 48.5 Å². The second-order valence-corrected chi connectivity index (χ2v) is 8.43. The number of carbonyl (C=O) groups is 3. The molecule has 1 heterocycles. The number of aliphatic carboxylic acids is 1. The maximum Gasteiger partial charge on any atom is 0.412 e. The molecule has 1 aromatic heterocycles. The van der Waals surface area contributed by atoms with Gasteiger partial charge in [0.1, 0.15) is 6.61 Å². The number of carboxylic acid groups (broad SMARTS) is 1. The van der Waals surface area contributed by atoms with Gasteiger partial charge in [0.2, 0.25) is 11.5 Å². The molecule has 3 N–H and O–H groups in total. The molecule has 0 unspecified atom stereocenters. The number of benzene rings is 2. The highest BCUT2D eigenvalue weighted by Gasteiger charge is 2.30. The number of carbonyl (C=O) groups excluding carboxylic acids is 2. The van der Waals surface area contributed by atoms with Crippen LogP contribution in [0.4, 0.5) is 10.6 Å². The summed E-state index contributed by atoms with van der Waals surface area (Å²) in [6.45, 7) is 0.0934. The molecule has 35 heavy (non-hydrogen) atoms. The molecule has 10 heteroatoms. The van der Waals surface area contributed by atoms with Crippen LogP contribution < -0.4 is 10.6 Å². The number of amides is 2. The highest BCUT2D eigenvalue weighted by atomic mass is 16.6. The average Bonchev–Trinajstić information content (AvgIpc) is 3.45. The van der Waals surface area contributed by atoms with Crippen molar-refractivity contribution in [3.63, 3.8) is 0 Å². The van der Waals surface area contributed by atoms with Gasteiger partial charge in [0.25, 0.3) is 5.91 Å². The van der Waals surface area contributed by atoms with Gasteiger partial charge in [0.15, 0.2) is 0 Å². The van der Waals surface area contributed by atoms with Crippen molar-refractivity contribution in [2.45, 2.75) is 24.8 Å². The van der Waals surface area contributed by atoms with Crippen LogP contribution >= 0.6 is 0 Å². The molecule has 2 aliphatic rings. The van der Waals surface area contributed by atoms with E-state index >= 15 is 0 Å². The molecule has 5 rings (SSSR count). The summed E-state index contributed by atoms with van der Waals surface area (Å²) < 4.78 is 10.1. The SMILES string of the molecule is O=C(Nc1nonc1C(=O)N[C@@H]1C=CC[C@@H](C(=O)O)C1)OCC1c2ccccc2-c2ccccc21. The minimum atomic E-state index is -0.922. The first-order valence-electron chi connectivity index (χ1n) is 11.2. The molecule has 2 atom stereocenters.